The fourth-order valence-corrected chi connectivity index (χ4v) is 2.10. The summed E-state index contributed by atoms with van der Waals surface area (Å²) in [6, 6.07) is 7.99. The van der Waals surface area contributed by atoms with Gasteiger partial charge in [0.05, 0.1) is 22.5 Å². The lowest BCUT2D eigenvalue weighted by molar-refractivity contribution is -0.139. The fraction of sp³-hybridized carbons (Fsp3) is 0. The molecule has 0 atom stereocenters. The normalized spacial score (nSPS) is 11.1. The number of halogens is 4. The van der Waals surface area contributed by atoms with Gasteiger partial charge in [-0.25, -0.2) is 19.6 Å². The van der Waals surface area contributed by atoms with Crippen LogP contribution in [0.4, 0.5) is 8.78 Å². The molecule has 0 saturated carbocycles. The molecular weight excluding hydrogens is 389 g/mol. The van der Waals surface area contributed by atoms with Crippen molar-refractivity contribution in [2.45, 2.75) is 0 Å². The number of nitrogens with one attached hydrogen (secondary N) is 2. The van der Waals surface area contributed by atoms with Crippen LogP contribution in [0.1, 0.15) is 11.1 Å². The topological polar surface area (TPSA) is 82.9 Å². The van der Waals surface area contributed by atoms with E-state index in [9.17, 15) is 18.4 Å². The molecule has 134 valence electrons. The third-order valence-electron chi connectivity index (χ3n) is 2.93. The first-order valence-corrected chi connectivity index (χ1v) is 7.70. The van der Waals surface area contributed by atoms with Gasteiger partial charge in [-0.15, -0.1) is 0 Å². The van der Waals surface area contributed by atoms with Crippen molar-refractivity contribution in [2.75, 3.05) is 0 Å². The highest BCUT2D eigenvalue weighted by Crippen LogP contribution is 2.17. The number of hydrazone groups is 2. The first kappa shape index (κ1) is 19.5. The van der Waals surface area contributed by atoms with Gasteiger partial charge in [-0.05, 0) is 24.3 Å². The maximum atomic E-state index is 13.5. The zero-order valence-corrected chi connectivity index (χ0v) is 14.4. The van der Waals surface area contributed by atoms with E-state index in [2.05, 4.69) is 10.2 Å². The van der Waals surface area contributed by atoms with Crippen molar-refractivity contribution >= 4 is 47.4 Å². The number of amides is 2. The standard InChI is InChI=1S/C16H10Cl2F2N4O2/c17-11-3-1-5-13(19)9(11)7-21-23-15(25)16(26)24-22-8-10-12(18)4-2-6-14(10)20/h1-8H,(H,23,25)(H,24,26)/b21-7-,22-8-. The van der Waals surface area contributed by atoms with E-state index < -0.39 is 23.4 Å². The van der Waals surface area contributed by atoms with E-state index in [0.717, 1.165) is 24.6 Å². The van der Waals surface area contributed by atoms with Crippen LogP contribution in [0.3, 0.4) is 0 Å². The van der Waals surface area contributed by atoms with Crippen molar-refractivity contribution in [1.82, 2.24) is 10.9 Å². The molecule has 0 aliphatic heterocycles. The second-order valence-electron chi connectivity index (χ2n) is 4.67. The zero-order chi connectivity index (χ0) is 19.1. The van der Waals surface area contributed by atoms with Crippen molar-refractivity contribution in [3.05, 3.63) is 69.2 Å². The summed E-state index contributed by atoms with van der Waals surface area (Å²) in [6.45, 7) is 0. The van der Waals surface area contributed by atoms with Gasteiger partial charge in [0.2, 0.25) is 0 Å². The Hall–Kier alpha value is -2.84. The van der Waals surface area contributed by atoms with Gasteiger partial charge in [0.1, 0.15) is 11.6 Å². The summed E-state index contributed by atoms with van der Waals surface area (Å²) in [4.78, 5) is 23.1. The lowest BCUT2D eigenvalue weighted by atomic mass is 10.2. The van der Waals surface area contributed by atoms with Crippen molar-refractivity contribution in [2.24, 2.45) is 10.2 Å². The van der Waals surface area contributed by atoms with Gasteiger partial charge in [0.15, 0.2) is 0 Å². The molecule has 0 fully saturated rings. The van der Waals surface area contributed by atoms with E-state index in [1.165, 1.54) is 24.3 Å². The highest BCUT2D eigenvalue weighted by molar-refractivity contribution is 6.35. The van der Waals surface area contributed by atoms with Crippen molar-refractivity contribution in [3.63, 3.8) is 0 Å². The Morgan fingerprint density at radius 3 is 1.54 bits per heavy atom. The Morgan fingerprint density at radius 1 is 0.808 bits per heavy atom. The lowest BCUT2D eigenvalue weighted by Gasteiger charge is -2.01. The maximum absolute atomic E-state index is 13.5. The number of hydrogen-bond acceptors (Lipinski definition) is 4. The molecule has 0 radical (unpaired) electrons. The third-order valence-corrected chi connectivity index (χ3v) is 3.58. The molecule has 2 N–H and O–H groups in total. The maximum Gasteiger partial charge on any atom is 0.331 e. The Balaban J connectivity index is 1.93. The second kappa shape index (κ2) is 9.02. The van der Waals surface area contributed by atoms with E-state index in [1.54, 1.807) is 0 Å². The molecule has 0 aliphatic rings. The number of rotatable bonds is 4. The van der Waals surface area contributed by atoms with Crippen LogP contribution in [-0.4, -0.2) is 24.2 Å². The molecule has 10 heteroatoms. The summed E-state index contributed by atoms with van der Waals surface area (Å²) in [5, 5.41) is 7.04. The molecule has 0 unspecified atom stereocenters. The summed E-state index contributed by atoms with van der Waals surface area (Å²) >= 11 is 11.6. The van der Waals surface area contributed by atoms with E-state index in [-0.39, 0.29) is 21.2 Å². The van der Waals surface area contributed by atoms with Crippen molar-refractivity contribution in [3.8, 4) is 0 Å². The third kappa shape index (κ3) is 5.08. The lowest BCUT2D eigenvalue weighted by Crippen LogP contribution is -2.35. The number of benzene rings is 2. The van der Waals surface area contributed by atoms with Crippen LogP contribution in [0.2, 0.25) is 10.0 Å². The average Bonchev–Trinajstić information content (AvgIpc) is 2.59. The zero-order valence-electron chi connectivity index (χ0n) is 12.8. The van der Waals surface area contributed by atoms with E-state index >= 15 is 0 Å². The Labute approximate surface area is 156 Å². The van der Waals surface area contributed by atoms with Gasteiger partial charge in [-0.3, -0.25) is 9.59 Å². The molecule has 0 bridgehead atoms. The number of carbonyl (C=O) groups excluding carboxylic acids is 2. The van der Waals surface area contributed by atoms with E-state index in [1.807, 2.05) is 10.9 Å². The molecule has 0 aromatic heterocycles. The number of carbonyl (C=O) groups is 2. The minimum atomic E-state index is -1.18. The Bertz CT molecular complexity index is 790. The van der Waals surface area contributed by atoms with Crippen molar-refractivity contribution in [1.29, 1.82) is 0 Å². The quantitative estimate of drug-likeness (QED) is 0.471. The van der Waals surface area contributed by atoms with Gasteiger partial charge in [-0.1, -0.05) is 35.3 Å². The second-order valence-corrected chi connectivity index (χ2v) is 5.48. The summed E-state index contributed by atoms with van der Waals surface area (Å²) in [5.41, 5.74) is 3.64. The molecule has 2 aromatic carbocycles. The molecule has 2 rings (SSSR count). The van der Waals surface area contributed by atoms with Gasteiger partial charge in [0, 0.05) is 11.1 Å². The smallest absolute Gasteiger partial charge is 0.262 e. The Morgan fingerprint density at radius 2 is 1.19 bits per heavy atom. The van der Waals surface area contributed by atoms with Crippen LogP contribution in [0.15, 0.2) is 46.6 Å². The first-order valence-electron chi connectivity index (χ1n) is 6.94. The fourth-order valence-electron chi connectivity index (χ4n) is 1.68. The predicted octanol–water partition coefficient (Wildman–Crippen LogP) is 2.87. The number of hydrogen-bond donors (Lipinski definition) is 2. The van der Waals surface area contributed by atoms with Crippen LogP contribution in [-0.2, 0) is 9.59 Å². The summed E-state index contributed by atoms with van der Waals surface area (Å²) in [7, 11) is 0. The highest BCUT2D eigenvalue weighted by Gasteiger charge is 2.12. The summed E-state index contributed by atoms with van der Waals surface area (Å²) in [6.07, 6.45) is 1.90. The molecule has 0 heterocycles. The minimum absolute atomic E-state index is 0.0536. The molecule has 0 aliphatic carbocycles. The van der Waals surface area contributed by atoms with Crippen LogP contribution in [0, 0.1) is 11.6 Å². The summed E-state index contributed by atoms with van der Waals surface area (Å²) in [5.74, 6) is -3.64. The SMILES string of the molecule is O=C(N/N=C\c1c(F)cccc1Cl)C(=O)N/N=C\c1c(F)cccc1Cl. The van der Waals surface area contributed by atoms with Gasteiger partial charge < -0.3 is 0 Å². The molecule has 0 saturated heterocycles. The Kier molecular flexibility index (Phi) is 6.76. The first-order chi connectivity index (χ1) is 12.4. The predicted molar refractivity (Wildman–Crippen MR) is 94.3 cm³/mol. The molecule has 2 amide bonds. The largest absolute Gasteiger partial charge is 0.331 e. The van der Waals surface area contributed by atoms with Crippen LogP contribution < -0.4 is 10.9 Å². The number of nitrogens with zero attached hydrogens (tertiary/aromatic N) is 2. The molecule has 2 aromatic rings. The molecule has 0 spiro atoms. The summed E-state index contributed by atoms with van der Waals surface area (Å²) < 4.78 is 27.0. The molecular formula is C16H10Cl2F2N4O2. The highest BCUT2D eigenvalue weighted by atomic mass is 35.5. The van der Waals surface area contributed by atoms with Gasteiger partial charge in [0.25, 0.3) is 0 Å². The van der Waals surface area contributed by atoms with Crippen LogP contribution in [0.5, 0.6) is 0 Å². The molecule has 26 heavy (non-hydrogen) atoms. The van der Waals surface area contributed by atoms with Gasteiger partial charge in [-0.2, -0.15) is 10.2 Å². The monoisotopic (exact) mass is 398 g/mol. The van der Waals surface area contributed by atoms with E-state index in [4.69, 9.17) is 23.2 Å². The van der Waals surface area contributed by atoms with Crippen LogP contribution in [0.25, 0.3) is 0 Å². The molecule has 6 nitrogen and oxygen atoms in total. The van der Waals surface area contributed by atoms with Crippen molar-refractivity contribution < 1.29 is 18.4 Å². The van der Waals surface area contributed by atoms with Crippen LogP contribution >= 0.6 is 23.2 Å². The average molecular weight is 399 g/mol. The van der Waals surface area contributed by atoms with E-state index in [0.29, 0.717) is 0 Å². The minimum Gasteiger partial charge on any atom is -0.262 e. The van der Waals surface area contributed by atoms with Gasteiger partial charge >= 0.3 is 11.8 Å².